The maximum Gasteiger partial charge on any atom is 0.377 e. The molecular weight excluding hydrogens is 244 g/mol. The first kappa shape index (κ1) is 13.1. The van der Waals surface area contributed by atoms with Gasteiger partial charge in [0.05, 0.1) is 12.7 Å². The second kappa shape index (κ2) is 5.10. The van der Waals surface area contributed by atoms with E-state index < -0.39 is 11.8 Å². The summed E-state index contributed by atoms with van der Waals surface area (Å²) >= 11 is 0. The molecule has 0 aliphatic carbocycles. The van der Waals surface area contributed by atoms with Gasteiger partial charge in [0.15, 0.2) is 0 Å². The van der Waals surface area contributed by atoms with Crippen LogP contribution in [-0.2, 0) is 11.2 Å². The number of aliphatic carboxylic acids is 1. The van der Waals surface area contributed by atoms with Crippen molar-refractivity contribution in [3.05, 3.63) is 41.5 Å². The number of carbonyl (C=O) groups is 2. The monoisotopic (exact) mass is 258 g/mol. The van der Waals surface area contributed by atoms with Gasteiger partial charge >= 0.3 is 5.97 Å². The van der Waals surface area contributed by atoms with Crippen LogP contribution < -0.4 is 4.74 Å². The summed E-state index contributed by atoms with van der Waals surface area (Å²) in [6.45, 7) is 1.93. The van der Waals surface area contributed by atoms with E-state index >= 15 is 0 Å². The van der Waals surface area contributed by atoms with Crippen molar-refractivity contribution in [3.8, 4) is 5.75 Å². The van der Waals surface area contributed by atoms with E-state index in [1.165, 1.54) is 7.11 Å². The fourth-order valence-electron chi connectivity index (χ4n) is 2.21. The number of methoxy groups -OCH3 is 1. The highest BCUT2D eigenvalue weighted by Gasteiger charge is 2.24. The molecule has 2 aromatic carbocycles. The molecule has 0 fully saturated rings. The van der Waals surface area contributed by atoms with E-state index in [0.29, 0.717) is 17.6 Å². The fraction of sp³-hybridized carbons (Fsp3) is 0.200. The lowest BCUT2D eigenvalue weighted by Gasteiger charge is -2.14. The molecule has 4 heteroatoms. The van der Waals surface area contributed by atoms with Crippen LogP contribution in [0.15, 0.2) is 30.3 Å². The van der Waals surface area contributed by atoms with E-state index in [9.17, 15) is 9.59 Å². The van der Waals surface area contributed by atoms with E-state index in [1.807, 2.05) is 25.1 Å². The lowest BCUT2D eigenvalue weighted by atomic mass is 9.95. The summed E-state index contributed by atoms with van der Waals surface area (Å²) in [6.07, 6.45) is 0.661. The maximum absolute atomic E-state index is 11.9. The molecule has 0 saturated heterocycles. The molecule has 2 aromatic rings. The molecule has 0 atom stereocenters. The summed E-state index contributed by atoms with van der Waals surface area (Å²) in [5.41, 5.74) is 0.954. The smallest absolute Gasteiger partial charge is 0.377 e. The first-order valence-electron chi connectivity index (χ1n) is 5.96. The largest absolute Gasteiger partial charge is 0.496 e. The number of Topliss-reactive ketones (excluding diaryl/α,β-unsaturated/α-hetero) is 1. The maximum atomic E-state index is 11.9. The lowest BCUT2D eigenvalue weighted by Crippen LogP contribution is -2.15. The zero-order chi connectivity index (χ0) is 14.0. The molecule has 2 rings (SSSR count). The predicted molar refractivity (Wildman–Crippen MR) is 71.8 cm³/mol. The summed E-state index contributed by atoms with van der Waals surface area (Å²) in [7, 11) is 1.45. The van der Waals surface area contributed by atoms with Crippen molar-refractivity contribution >= 4 is 22.5 Å². The number of hydrogen-bond acceptors (Lipinski definition) is 3. The molecule has 0 saturated carbocycles. The average Bonchev–Trinajstić information content (AvgIpc) is 2.44. The van der Waals surface area contributed by atoms with Gasteiger partial charge in [0.2, 0.25) is 0 Å². The molecule has 0 unspecified atom stereocenters. The first-order valence-corrected chi connectivity index (χ1v) is 5.96. The highest BCUT2D eigenvalue weighted by atomic mass is 16.5. The summed E-state index contributed by atoms with van der Waals surface area (Å²) in [4.78, 5) is 22.9. The van der Waals surface area contributed by atoms with Gasteiger partial charge in [0, 0.05) is 0 Å². The van der Waals surface area contributed by atoms with Gasteiger partial charge in [0.25, 0.3) is 5.78 Å². The number of ketones is 1. The Labute approximate surface area is 110 Å². The third-order valence-corrected chi connectivity index (χ3v) is 3.08. The molecule has 19 heavy (non-hydrogen) atoms. The van der Waals surface area contributed by atoms with Crippen LogP contribution in [0.1, 0.15) is 22.8 Å². The van der Waals surface area contributed by atoms with Crippen molar-refractivity contribution in [1.29, 1.82) is 0 Å². The Morgan fingerprint density at radius 3 is 2.53 bits per heavy atom. The topological polar surface area (TPSA) is 63.6 Å². The van der Waals surface area contributed by atoms with Gasteiger partial charge in [-0.1, -0.05) is 31.2 Å². The highest BCUT2D eigenvalue weighted by Crippen LogP contribution is 2.33. The molecule has 4 nitrogen and oxygen atoms in total. The van der Waals surface area contributed by atoms with Crippen LogP contribution >= 0.6 is 0 Å². The Morgan fingerprint density at radius 1 is 1.26 bits per heavy atom. The lowest BCUT2D eigenvalue weighted by molar-refractivity contribution is -0.131. The number of carboxylic acids is 1. The molecule has 0 radical (unpaired) electrons. The number of fused-ring (bicyclic) bond motifs is 1. The average molecular weight is 258 g/mol. The molecule has 1 N–H and O–H groups in total. The number of benzene rings is 2. The minimum absolute atomic E-state index is 0.130. The Kier molecular flexibility index (Phi) is 3.51. The van der Waals surface area contributed by atoms with Crippen LogP contribution in [0.4, 0.5) is 0 Å². The van der Waals surface area contributed by atoms with E-state index in [0.717, 1.165) is 10.9 Å². The summed E-state index contributed by atoms with van der Waals surface area (Å²) in [5.74, 6) is -2.06. The molecule has 0 heterocycles. The second-order valence-electron chi connectivity index (χ2n) is 4.15. The van der Waals surface area contributed by atoms with Gasteiger partial charge in [0.1, 0.15) is 5.75 Å². The summed E-state index contributed by atoms with van der Waals surface area (Å²) in [6, 6.07) is 9.13. The van der Waals surface area contributed by atoms with E-state index in [-0.39, 0.29) is 5.56 Å². The number of hydrogen-bond donors (Lipinski definition) is 1. The van der Waals surface area contributed by atoms with Crippen LogP contribution in [0.5, 0.6) is 5.75 Å². The fourth-order valence-corrected chi connectivity index (χ4v) is 2.21. The minimum Gasteiger partial charge on any atom is -0.496 e. The van der Waals surface area contributed by atoms with Gasteiger partial charge in [-0.3, -0.25) is 4.79 Å². The number of aryl methyl sites for hydroxylation is 1. The number of carbonyl (C=O) groups excluding carboxylic acids is 1. The first-order chi connectivity index (χ1) is 9.10. The van der Waals surface area contributed by atoms with Crippen LogP contribution in [0, 0.1) is 0 Å². The van der Waals surface area contributed by atoms with Crippen LogP contribution in [0.25, 0.3) is 10.8 Å². The van der Waals surface area contributed by atoms with E-state index in [4.69, 9.17) is 9.84 Å². The predicted octanol–water partition coefficient (Wildman–Crippen LogP) is 2.68. The number of carboxylic acid groups (broad SMARTS) is 1. The zero-order valence-corrected chi connectivity index (χ0v) is 10.8. The van der Waals surface area contributed by atoms with Crippen molar-refractivity contribution in [2.24, 2.45) is 0 Å². The number of rotatable bonds is 4. The van der Waals surface area contributed by atoms with Crippen LogP contribution in [-0.4, -0.2) is 24.0 Å². The molecule has 0 aromatic heterocycles. The van der Waals surface area contributed by atoms with E-state index in [2.05, 4.69) is 0 Å². The van der Waals surface area contributed by atoms with Crippen molar-refractivity contribution < 1.29 is 19.4 Å². The van der Waals surface area contributed by atoms with Crippen LogP contribution in [0.3, 0.4) is 0 Å². The Bertz CT molecular complexity index is 658. The second-order valence-corrected chi connectivity index (χ2v) is 4.15. The summed E-state index contributed by atoms with van der Waals surface area (Å²) < 4.78 is 5.26. The SMILES string of the molecule is CCc1cc2ccccc2c(C(=O)C(=O)O)c1OC. The highest BCUT2D eigenvalue weighted by molar-refractivity contribution is 6.43. The van der Waals surface area contributed by atoms with Crippen molar-refractivity contribution in [2.75, 3.05) is 7.11 Å². The minimum atomic E-state index is -1.48. The third-order valence-electron chi connectivity index (χ3n) is 3.08. The van der Waals surface area contributed by atoms with Gasteiger partial charge in [-0.2, -0.15) is 0 Å². The molecule has 0 spiro atoms. The molecule has 0 aliphatic heterocycles. The van der Waals surface area contributed by atoms with Crippen LogP contribution in [0.2, 0.25) is 0 Å². The number of ether oxygens (including phenoxy) is 1. The molecule has 0 aliphatic rings. The molecular formula is C15H14O4. The standard InChI is InChI=1S/C15H14O4/c1-3-9-8-10-6-4-5-7-11(10)12(14(9)19-2)13(16)15(17)18/h4-8H,3H2,1-2H3,(H,17,18). The Balaban J connectivity index is 2.89. The van der Waals surface area contributed by atoms with Gasteiger partial charge in [-0.05, 0) is 28.8 Å². The van der Waals surface area contributed by atoms with Crippen molar-refractivity contribution in [1.82, 2.24) is 0 Å². The molecule has 0 amide bonds. The molecule has 98 valence electrons. The van der Waals surface area contributed by atoms with Gasteiger partial charge in [-0.25, -0.2) is 4.79 Å². The third kappa shape index (κ3) is 2.17. The quantitative estimate of drug-likeness (QED) is 0.676. The van der Waals surface area contributed by atoms with Gasteiger partial charge in [-0.15, -0.1) is 0 Å². The van der Waals surface area contributed by atoms with Crippen molar-refractivity contribution in [2.45, 2.75) is 13.3 Å². The Morgan fingerprint density at radius 2 is 1.95 bits per heavy atom. The normalized spacial score (nSPS) is 10.4. The Hall–Kier alpha value is -2.36. The summed E-state index contributed by atoms with van der Waals surface area (Å²) in [5, 5.41) is 10.4. The van der Waals surface area contributed by atoms with Gasteiger partial charge < -0.3 is 9.84 Å². The molecule has 0 bridgehead atoms. The van der Waals surface area contributed by atoms with E-state index in [1.54, 1.807) is 12.1 Å². The zero-order valence-electron chi connectivity index (χ0n) is 10.8. The van der Waals surface area contributed by atoms with Crippen molar-refractivity contribution in [3.63, 3.8) is 0 Å².